The normalized spacial score (nSPS) is 17.0. The highest BCUT2D eigenvalue weighted by atomic mass is 32.1. The molecule has 3 heterocycles. The van der Waals surface area contributed by atoms with Crippen molar-refractivity contribution in [3.05, 3.63) is 87.1 Å². The highest BCUT2D eigenvalue weighted by Gasteiger charge is 2.33. The monoisotopic (exact) mass is 407 g/mol. The number of allylic oxidation sites excluding steroid dienone is 1. The largest absolute Gasteiger partial charge is 0.478 e. The first-order valence-corrected chi connectivity index (χ1v) is 10.3. The maximum absolute atomic E-state index is 13.1. The third kappa shape index (κ3) is 3.57. The summed E-state index contributed by atoms with van der Waals surface area (Å²) in [7, 11) is 0. The van der Waals surface area contributed by atoms with Crippen LogP contribution in [0.15, 0.2) is 59.7 Å². The van der Waals surface area contributed by atoms with Crippen LogP contribution in [0.1, 0.15) is 26.4 Å². The molecule has 0 saturated carbocycles. The van der Waals surface area contributed by atoms with Crippen molar-refractivity contribution in [1.82, 2.24) is 4.90 Å². The molecule has 29 heavy (non-hydrogen) atoms. The predicted molar refractivity (Wildman–Crippen MR) is 110 cm³/mol. The van der Waals surface area contributed by atoms with E-state index in [2.05, 4.69) is 4.90 Å². The van der Waals surface area contributed by atoms with Crippen molar-refractivity contribution < 1.29 is 18.7 Å². The molecule has 0 unspecified atom stereocenters. The molecule has 0 radical (unpaired) electrons. The molecule has 3 aromatic rings. The predicted octanol–water partition coefficient (Wildman–Crippen LogP) is 4.90. The Bertz CT molecular complexity index is 1090. The van der Waals surface area contributed by atoms with Gasteiger partial charge in [0.1, 0.15) is 24.0 Å². The smallest absolute Gasteiger partial charge is 0.232 e. The maximum atomic E-state index is 13.1. The van der Waals surface area contributed by atoms with Crippen molar-refractivity contribution in [2.24, 2.45) is 0 Å². The van der Waals surface area contributed by atoms with Gasteiger partial charge in [-0.25, -0.2) is 4.39 Å². The van der Waals surface area contributed by atoms with E-state index in [0.29, 0.717) is 30.3 Å². The zero-order valence-electron chi connectivity index (χ0n) is 15.6. The summed E-state index contributed by atoms with van der Waals surface area (Å²) in [6, 6.07) is 14.1. The molecule has 2 aliphatic heterocycles. The summed E-state index contributed by atoms with van der Waals surface area (Å²) in [6.45, 7) is 1.87. The lowest BCUT2D eigenvalue weighted by Gasteiger charge is -2.29. The van der Waals surface area contributed by atoms with Crippen LogP contribution in [-0.4, -0.2) is 24.0 Å². The van der Waals surface area contributed by atoms with E-state index in [4.69, 9.17) is 9.47 Å². The molecule has 2 aromatic carbocycles. The second-order valence-corrected chi connectivity index (χ2v) is 8.06. The van der Waals surface area contributed by atoms with Gasteiger partial charge in [0.05, 0.1) is 11.1 Å². The second-order valence-electron chi connectivity index (χ2n) is 7.08. The van der Waals surface area contributed by atoms with Gasteiger partial charge >= 0.3 is 0 Å². The summed E-state index contributed by atoms with van der Waals surface area (Å²) in [5.74, 6) is 1.38. The Morgan fingerprint density at radius 3 is 2.79 bits per heavy atom. The topological polar surface area (TPSA) is 38.8 Å². The second kappa shape index (κ2) is 7.46. The average Bonchev–Trinajstić information content (AvgIpc) is 3.36. The molecular weight excluding hydrogens is 389 g/mol. The number of halogens is 1. The number of ketones is 1. The number of nitrogens with zero attached hydrogens (tertiary/aromatic N) is 1. The third-order valence-corrected chi connectivity index (χ3v) is 5.95. The molecule has 1 aromatic heterocycles. The molecule has 5 rings (SSSR count). The van der Waals surface area contributed by atoms with Crippen LogP contribution in [0, 0.1) is 5.82 Å². The van der Waals surface area contributed by atoms with E-state index in [9.17, 15) is 9.18 Å². The van der Waals surface area contributed by atoms with Gasteiger partial charge < -0.3 is 9.47 Å². The first-order valence-electron chi connectivity index (χ1n) is 9.40. The fourth-order valence-corrected chi connectivity index (χ4v) is 4.24. The van der Waals surface area contributed by atoms with Gasteiger partial charge in [0, 0.05) is 24.0 Å². The van der Waals surface area contributed by atoms with Gasteiger partial charge in [0.25, 0.3) is 0 Å². The molecule has 0 fully saturated rings. The Labute approximate surface area is 171 Å². The van der Waals surface area contributed by atoms with Crippen LogP contribution in [0.3, 0.4) is 0 Å². The van der Waals surface area contributed by atoms with Crippen LogP contribution < -0.4 is 9.47 Å². The van der Waals surface area contributed by atoms with Gasteiger partial charge in [0.2, 0.25) is 5.78 Å². The molecular formula is C23H18FNO3S. The van der Waals surface area contributed by atoms with E-state index in [-0.39, 0.29) is 11.6 Å². The number of carbonyl (C=O) groups excluding carboxylic acids is 1. The van der Waals surface area contributed by atoms with Crippen molar-refractivity contribution in [3.8, 4) is 11.5 Å². The number of benzene rings is 2. The van der Waals surface area contributed by atoms with Crippen LogP contribution in [0.4, 0.5) is 4.39 Å². The minimum absolute atomic E-state index is 0.0976. The van der Waals surface area contributed by atoms with Crippen LogP contribution in [0.5, 0.6) is 11.5 Å². The van der Waals surface area contributed by atoms with Crippen LogP contribution in [0.25, 0.3) is 6.08 Å². The van der Waals surface area contributed by atoms with Crippen molar-refractivity contribution >= 4 is 23.2 Å². The van der Waals surface area contributed by atoms with Crippen molar-refractivity contribution in [2.75, 3.05) is 13.3 Å². The molecule has 0 amide bonds. The molecule has 146 valence electrons. The Morgan fingerprint density at radius 2 is 2.00 bits per heavy atom. The number of ether oxygens (including phenoxy) is 2. The lowest BCUT2D eigenvalue weighted by molar-refractivity contribution is 0.0949. The van der Waals surface area contributed by atoms with Crippen molar-refractivity contribution in [3.63, 3.8) is 0 Å². The maximum Gasteiger partial charge on any atom is 0.232 e. The zero-order chi connectivity index (χ0) is 19.8. The minimum Gasteiger partial charge on any atom is -0.478 e. The summed E-state index contributed by atoms with van der Waals surface area (Å²) in [5.41, 5.74) is 2.55. The molecule has 0 atom stereocenters. The number of thiophene rings is 1. The van der Waals surface area contributed by atoms with Crippen molar-refractivity contribution in [1.29, 1.82) is 0 Å². The first kappa shape index (κ1) is 18.1. The van der Waals surface area contributed by atoms with Gasteiger partial charge in [-0.1, -0.05) is 18.2 Å². The average molecular weight is 407 g/mol. The SMILES string of the molecule is O=C1/C(=C/c2cccs2)Oc2c1ccc1c2CN(CCc2ccc(F)cc2)CO1. The van der Waals surface area contributed by atoms with Crippen LogP contribution in [-0.2, 0) is 13.0 Å². The molecule has 0 N–H and O–H groups in total. The number of carbonyl (C=O) groups is 1. The zero-order valence-corrected chi connectivity index (χ0v) is 16.4. The quantitative estimate of drug-likeness (QED) is 0.577. The van der Waals surface area contributed by atoms with Crippen molar-refractivity contribution in [2.45, 2.75) is 13.0 Å². The van der Waals surface area contributed by atoms with E-state index >= 15 is 0 Å². The summed E-state index contributed by atoms with van der Waals surface area (Å²) in [4.78, 5) is 15.9. The fourth-order valence-electron chi connectivity index (χ4n) is 3.59. The molecule has 0 spiro atoms. The summed E-state index contributed by atoms with van der Waals surface area (Å²) >= 11 is 1.56. The fraction of sp³-hybridized carbons (Fsp3) is 0.174. The summed E-state index contributed by atoms with van der Waals surface area (Å²) in [5, 5.41) is 1.97. The van der Waals surface area contributed by atoms with Crippen LogP contribution >= 0.6 is 11.3 Å². The molecule has 4 nitrogen and oxygen atoms in total. The summed E-state index contributed by atoms with van der Waals surface area (Å²) in [6.07, 6.45) is 2.58. The Kier molecular flexibility index (Phi) is 4.66. The lowest BCUT2D eigenvalue weighted by atomic mass is 10.0. The first-order chi connectivity index (χ1) is 14.2. The van der Waals surface area contributed by atoms with Gasteiger partial charge in [-0.3, -0.25) is 9.69 Å². The highest BCUT2D eigenvalue weighted by molar-refractivity contribution is 7.10. The van der Waals surface area contributed by atoms with Gasteiger partial charge in [0.15, 0.2) is 5.76 Å². The number of Topliss-reactive ketones (excluding diaryl/α,β-unsaturated/α-hetero) is 1. The van der Waals surface area contributed by atoms with E-state index < -0.39 is 0 Å². The van der Waals surface area contributed by atoms with E-state index in [1.165, 1.54) is 12.1 Å². The third-order valence-electron chi connectivity index (χ3n) is 5.13. The molecule has 2 aliphatic rings. The minimum atomic E-state index is -0.229. The van der Waals surface area contributed by atoms with Gasteiger partial charge in [-0.15, -0.1) is 11.3 Å². The van der Waals surface area contributed by atoms with E-state index in [1.54, 1.807) is 35.6 Å². The number of fused-ring (bicyclic) bond motifs is 3. The van der Waals surface area contributed by atoms with E-state index in [1.807, 2.05) is 23.6 Å². The standard InChI is InChI=1S/C23H18FNO3S/c24-16-5-3-15(4-6-16)9-10-25-13-19-20(27-14-25)8-7-18-22(26)21(28-23(18)19)12-17-2-1-11-29-17/h1-8,11-12H,9-10,13-14H2/b21-12-. The Balaban J connectivity index is 1.35. The number of rotatable bonds is 4. The highest BCUT2D eigenvalue weighted by Crippen LogP contribution is 2.42. The van der Waals surface area contributed by atoms with Gasteiger partial charge in [-0.05, 0) is 47.7 Å². The van der Waals surface area contributed by atoms with Gasteiger partial charge in [-0.2, -0.15) is 0 Å². The molecule has 0 aliphatic carbocycles. The Hall–Kier alpha value is -2.96. The lowest BCUT2D eigenvalue weighted by Crippen LogP contribution is -2.33. The van der Waals surface area contributed by atoms with Crippen LogP contribution in [0.2, 0.25) is 0 Å². The van der Waals surface area contributed by atoms with E-state index in [0.717, 1.165) is 34.7 Å². The number of hydrogen-bond acceptors (Lipinski definition) is 5. The molecule has 0 saturated heterocycles. The number of hydrogen-bond donors (Lipinski definition) is 0. The molecule has 0 bridgehead atoms. The summed E-state index contributed by atoms with van der Waals surface area (Å²) < 4.78 is 25.0. The Morgan fingerprint density at radius 1 is 1.14 bits per heavy atom. The molecule has 6 heteroatoms.